The molecule has 2 rings (SSSR count). The second-order valence-electron chi connectivity index (χ2n) is 4.26. The third-order valence-corrected chi connectivity index (χ3v) is 3.40. The summed E-state index contributed by atoms with van der Waals surface area (Å²) in [4.78, 5) is 4.73. The fraction of sp³-hybridized carbons (Fsp3) is 0.727. The van der Waals surface area contributed by atoms with Crippen molar-refractivity contribution in [2.45, 2.75) is 50.9 Å². The molecule has 1 aliphatic heterocycles. The molecule has 1 aromatic rings. The van der Waals surface area contributed by atoms with Gasteiger partial charge in [-0.1, -0.05) is 29.8 Å². The molecule has 0 atom stereocenters. The van der Waals surface area contributed by atoms with E-state index in [0.29, 0.717) is 5.92 Å². The molecule has 0 saturated heterocycles. The van der Waals surface area contributed by atoms with E-state index < -0.39 is 0 Å². The Morgan fingerprint density at radius 3 is 2.86 bits per heavy atom. The molecule has 14 heavy (non-hydrogen) atoms. The normalized spacial score (nSPS) is 16.0. The Morgan fingerprint density at radius 2 is 2.21 bits per heavy atom. The Labute approximate surface area is 93.9 Å². The van der Waals surface area contributed by atoms with Crippen molar-refractivity contribution in [2.24, 2.45) is 0 Å². The standard InChI is InChI=1S/C11H17BrN2/c1-8(2)11-13-9(7-12)10-5-3-4-6-14(10)11/h8H,3-7H2,1-2H3. The van der Waals surface area contributed by atoms with Crippen LogP contribution in [0.5, 0.6) is 0 Å². The van der Waals surface area contributed by atoms with Gasteiger partial charge in [0.1, 0.15) is 5.82 Å². The van der Waals surface area contributed by atoms with Crippen molar-refractivity contribution in [2.75, 3.05) is 0 Å². The fourth-order valence-corrected chi connectivity index (χ4v) is 2.65. The van der Waals surface area contributed by atoms with Gasteiger partial charge in [0.25, 0.3) is 0 Å². The summed E-state index contributed by atoms with van der Waals surface area (Å²) in [6.07, 6.45) is 3.84. The highest BCUT2D eigenvalue weighted by molar-refractivity contribution is 9.08. The van der Waals surface area contributed by atoms with Crippen LogP contribution in [0.25, 0.3) is 0 Å². The van der Waals surface area contributed by atoms with E-state index in [0.717, 1.165) is 5.33 Å². The van der Waals surface area contributed by atoms with E-state index in [9.17, 15) is 0 Å². The van der Waals surface area contributed by atoms with E-state index in [1.54, 1.807) is 0 Å². The smallest absolute Gasteiger partial charge is 0.111 e. The number of imidazole rings is 1. The lowest BCUT2D eigenvalue weighted by Crippen LogP contribution is -2.13. The number of nitrogens with zero attached hydrogens (tertiary/aromatic N) is 2. The molecule has 0 amide bonds. The molecule has 2 nitrogen and oxygen atoms in total. The van der Waals surface area contributed by atoms with Gasteiger partial charge in [0.2, 0.25) is 0 Å². The Hall–Kier alpha value is -0.310. The minimum absolute atomic E-state index is 0.541. The van der Waals surface area contributed by atoms with Crippen LogP contribution in [0.2, 0.25) is 0 Å². The van der Waals surface area contributed by atoms with Crippen molar-refractivity contribution in [3.63, 3.8) is 0 Å². The maximum Gasteiger partial charge on any atom is 0.111 e. The maximum absolute atomic E-state index is 4.73. The number of rotatable bonds is 2. The summed E-state index contributed by atoms with van der Waals surface area (Å²) in [6.45, 7) is 5.62. The van der Waals surface area contributed by atoms with Crippen LogP contribution in [0, 0.1) is 0 Å². The van der Waals surface area contributed by atoms with Crippen molar-refractivity contribution in [1.29, 1.82) is 0 Å². The van der Waals surface area contributed by atoms with Crippen LogP contribution in [-0.2, 0) is 18.3 Å². The van der Waals surface area contributed by atoms with Crippen LogP contribution in [0.4, 0.5) is 0 Å². The Kier molecular flexibility index (Phi) is 2.96. The van der Waals surface area contributed by atoms with E-state index in [-0.39, 0.29) is 0 Å². The maximum atomic E-state index is 4.73. The molecule has 0 fully saturated rings. The highest BCUT2D eigenvalue weighted by atomic mass is 79.9. The average Bonchev–Trinajstić information content (AvgIpc) is 2.56. The molecule has 0 bridgehead atoms. The van der Waals surface area contributed by atoms with Crippen molar-refractivity contribution in [3.05, 3.63) is 17.2 Å². The average molecular weight is 257 g/mol. The van der Waals surface area contributed by atoms with E-state index in [1.165, 1.54) is 43.0 Å². The minimum atomic E-state index is 0.541. The van der Waals surface area contributed by atoms with Crippen molar-refractivity contribution in [1.82, 2.24) is 9.55 Å². The zero-order valence-electron chi connectivity index (χ0n) is 8.89. The van der Waals surface area contributed by atoms with E-state index in [2.05, 4.69) is 34.3 Å². The summed E-state index contributed by atoms with van der Waals surface area (Å²) in [5, 5.41) is 0.898. The highest BCUT2D eigenvalue weighted by Gasteiger charge is 2.20. The molecule has 1 aliphatic rings. The topological polar surface area (TPSA) is 17.8 Å². The van der Waals surface area contributed by atoms with Gasteiger partial charge in [-0.25, -0.2) is 4.98 Å². The van der Waals surface area contributed by atoms with Crippen LogP contribution in [0.15, 0.2) is 0 Å². The van der Waals surface area contributed by atoms with Crippen LogP contribution in [0.3, 0.4) is 0 Å². The Morgan fingerprint density at radius 1 is 1.43 bits per heavy atom. The summed E-state index contributed by atoms with van der Waals surface area (Å²) >= 11 is 3.52. The summed E-state index contributed by atoms with van der Waals surface area (Å²) in [5.74, 6) is 1.81. The second kappa shape index (κ2) is 4.05. The number of hydrogen-bond donors (Lipinski definition) is 0. The van der Waals surface area contributed by atoms with Gasteiger partial charge in [-0.2, -0.15) is 0 Å². The molecule has 0 N–H and O–H groups in total. The van der Waals surface area contributed by atoms with Gasteiger partial charge in [-0.15, -0.1) is 0 Å². The molecule has 78 valence electrons. The van der Waals surface area contributed by atoms with Crippen LogP contribution in [-0.4, -0.2) is 9.55 Å². The zero-order chi connectivity index (χ0) is 10.1. The number of fused-ring (bicyclic) bond motifs is 1. The second-order valence-corrected chi connectivity index (χ2v) is 4.82. The Bertz CT molecular complexity index is 328. The molecular weight excluding hydrogens is 240 g/mol. The summed E-state index contributed by atoms with van der Waals surface area (Å²) in [7, 11) is 0. The van der Waals surface area contributed by atoms with E-state index in [4.69, 9.17) is 4.98 Å². The first kappa shape index (κ1) is 10.2. The summed E-state index contributed by atoms with van der Waals surface area (Å²) in [5.41, 5.74) is 2.73. The molecule has 3 heteroatoms. The lowest BCUT2D eigenvalue weighted by atomic mass is 10.1. The predicted molar refractivity (Wildman–Crippen MR) is 61.9 cm³/mol. The van der Waals surface area contributed by atoms with Crippen LogP contribution >= 0.6 is 15.9 Å². The van der Waals surface area contributed by atoms with Gasteiger partial charge in [-0.3, -0.25) is 0 Å². The first-order chi connectivity index (χ1) is 6.74. The molecule has 2 heterocycles. The molecule has 0 aliphatic carbocycles. The largest absolute Gasteiger partial charge is 0.332 e. The lowest BCUT2D eigenvalue weighted by Gasteiger charge is -2.18. The van der Waals surface area contributed by atoms with Crippen LogP contribution < -0.4 is 0 Å². The fourth-order valence-electron chi connectivity index (χ4n) is 2.20. The van der Waals surface area contributed by atoms with E-state index >= 15 is 0 Å². The number of alkyl halides is 1. The van der Waals surface area contributed by atoms with Gasteiger partial charge in [0.05, 0.1) is 5.69 Å². The van der Waals surface area contributed by atoms with Gasteiger partial charge in [0.15, 0.2) is 0 Å². The van der Waals surface area contributed by atoms with E-state index in [1.807, 2.05) is 0 Å². The quantitative estimate of drug-likeness (QED) is 0.744. The molecule has 1 aromatic heterocycles. The first-order valence-electron chi connectivity index (χ1n) is 5.38. The molecule has 0 spiro atoms. The molecule has 0 aromatic carbocycles. The minimum Gasteiger partial charge on any atom is -0.332 e. The summed E-state index contributed by atoms with van der Waals surface area (Å²) in [6, 6.07) is 0. The Balaban J connectivity index is 2.46. The van der Waals surface area contributed by atoms with Gasteiger partial charge < -0.3 is 4.57 Å². The molecule has 0 saturated carbocycles. The van der Waals surface area contributed by atoms with Gasteiger partial charge >= 0.3 is 0 Å². The summed E-state index contributed by atoms with van der Waals surface area (Å²) < 4.78 is 2.44. The highest BCUT2D eigenvalue weighted by Crippen LogP contribution is 2.26. The molecular formula is C11H17BrN2. The number of hydrogen-bond acceptors (Lipinski definition) is 1. The number of halogens is 1. The third kappa shape index (κ3) is 1.62. The zero-order valence-corrected chi connectivity index (χ0v) is 10.5. The number of aromatic nitrogens is 2. The van der Waals surface area contributed by atoms with Gasteiger partial charge in [0, 0.05) is 23.5 Å². The monoisotopic (exact) mass is 256 g/mol. The van der Waals surface area contributed by atoms with Crippen molar-refractivity contribution >= 4 is 15.9 Å². The lowest BCUT2D eigenvalue weighted by molar-refractivity contribution is 0.503. The predicted octanol–water partition coefficient (Wildman–Crippen LogP) is 3.24. The van der Waals surface area contributed by atoms with Crippen molar-refractivity contribution in [3.8, 4) is 0 Å². The first-order valence-corrected chi connectivity index (χ1v) is 6.50. The van der Waals surface area contributed by atoms with Crippen molar-refractivity contribution < 1.29 is 0 Å². The van der Waals surface area contributed by atoms with Crippen LogP contribution in [0.1, 0.15) is 49.8 Å². The molecule has 0 unspecified atom stereocenters. The third-order valence-electron chi connectivity index (χ3n) is 2.87. The molecule has 0 radical (unpaired) electrons. The van der Waals surface area contributed by atoms with Gasteiger partial charge in [-0.05, 0) is 19.3 Å². The SMILES string of the molecule is CC(C)c1nc(CBr)c2n1CCCC2.